The SMILES string of the molecule is C=CCOC(=O)N[C@H](C)C(=O)S[C@H](Cc1ccc2oc3ccccc3c2c1)C(=O)O. The molecule has 30 heavy (non-hydrogen) atoms. The van der Waals surface area contributed by atoms with Gasteiger partial charge in [0.05, 0.1) is 6.04 Å². The van der Waals surface area contributed by atoms with E-state index < -0.39 is 28.5 Å². The number of carboxylic acids is 1. The molecule has 0 saturated carbocycles. The summed E-state index contributed by atoms with van der Waals surface area (Å²) in [6.45, 7) is 4.93. The topological polar surface area (TPSA) is 106 Å². The third-order valence-electron chi connectivity index (χ3n) is 4.42. The molecular formula is C22H21NO6S. The number of amides is 1. The number of aliphatic carboxylic acids is 1. The molecule has 1 amide bonds. The van der Waals surface area contributed by atoms with Gasteiger partial charge in [-0.15, -0.1) is 0 Å². The summed E-state index contributed by atoms with van der Waals surface area (Å²) >= 11 is 0.680. The lowest BCUT2D eigenvalue weighted by Crippen LogP contribution is -2.39. The Morgan fingerprint density at radius 1 is 1.20 bits per heavy atom. The Morgan fingerprint density at radius 3 is 2.67 bits per heavy atom. The van der Waals surface area contributed by atoms with Crippen molar-refractivity contribution in [2.45, 2.75) is 24.6 Å². The molecule has 0 aliphatic carbocycles. The summed E-state index contributed by atoms with van der Waals surface area (Å²) in [5.74, 6) is -1.10. The normalized spacial score (nSPS) is 13.0. The van der Waals surface area contributed by atoms with Gasteiger partial charge in [-0.2, -0.15) is 0 Å². The van der Waals surface area contributed by atoms with Crippen LogP contribution in [0.2, 0.25) is 0 Å². The van der Waals surface area contributed by atoms with Gasteiger partial charge in [0.2, 0.25) is 5.12 Å². The molecule has 0 saturated heterocycles. The van der Waals surface area contributed by atoms with E-state index in [0.717, 1.165) is 21.9 Å². The zero-order valence-corrected chi connectivity index (χ0v) is 17.1. The van der Waals surface area contributed by atoms with Crippen LogP contribution in [0.5, 0.6) is 0 Å². The number of alkyl carbamates (subject to hydrolysis) is 1. The molecule has 2 aromatic carbocycles. The van der Waals surface area contributed by atoms with Crippen LogP contribution in [0.3, 0.4) is 0 Å². The molecule has 0 aliphatic heterocycles. The molecule has 0 spiro atoms. The summed E-state index contributed by atoms with van der Waals surface area (Å²) in [5, 5.41) is 12.3. The van der Waals surface area contributed by atoms with Crippen LogP contribution >= 0.6 is 11.8 Å². The van der Waals surface area contributed by atoms with E-state index in [0.29, 0.717) is 17.3 Å². The number of furan rings is 1. The number of fused-ring (bicyclic) bond motifs is 3. The summed E-state index contributed by atoms with van der Waals surface area (Å²) in [6.07, 6.45) is 0.788. The minimum absolute atomic E-state index is 0.0167. The molecule has 3 rings (SSSR count). The highest BCUT2D eigenvalue weighted by Crippen LogP contribution is 2.30. The van der Waals surface area contributed by atoms with Crippen molar-refractivity contribution in [2.75, 3.05) is 6.61 Å². The van der Waals surface area contributed by atoms with Crippen molar-refractivity contribution in [3.05, 3.63) is 60.7 Å². The number of benzene rings is 2. The maximum absolute atomic E-state index is 12.4. The van der Waals surface area contributed by atoms with Gasteiger partial charge in [-0.25, -0.2) is 4.79 Å². The van der Waals surface area contributed by atoms with E-state index in [2.05, 4.69) is 11.9 Å². The van der Waals surface area contributed by atoms with E-state index in [-0.39, 0.29) is 13.0 Å². The highest BCUT2D eigenvalue weighted by atomic mass is 32.2. The predicted octanol–water partition coefficient (Wildman–Crippen LogP) is 4.14. The summed E-state index contributed by atoms with van der Waals surface area (Å²) in [6, 6.07) is 12.2. The molecule has 3 aromatic rings. The number of hydrogen-bond donors (Lipinski definition) is 2. The average Bonchev–Trinajstić information content (AvgIpc) is 3.09. The summed E-state index contributed by atoms with van der Waals surface area (Å²) in [5.41, 5.74) is 2.24. The molecule has 1 aromatic heterocycles. The quantitative estimate of drug-likeness (QED) is 0.520. The molecule has 8 heteroatoms. The van der Waals surface area contributed by atoms with E-state index in [9.17, 15) is 19.5 Å². The number of carboxylic acid groups (broad SMARTS) is 1. The maximum atomic E-state index is 12.4. The lowest BCUT2D eigenvalue weighted by Gasteiger charge is -2.16. The fourth-order valence-corrected chi connectivity index (χ4v) is 3.87. The fourth-order valence-electron chi connectivity index (χ4n) is 2.95. The van der Waals surface area contributed by atoms with Crippen LogP contribution in [0.1, 0.15) is 12.5 Å². The average molecular weight is 427 g/mol. The zero-order valence-electron chi connectivity index (χ0n) is 16.3. The molecule has 2 atom stereocenters. The van der Waals surface area contributed by atoms with Gasteiger partial charge in [0.1, 0.15) is 23.0 Å². The minimum Gasteiger partial charge on any atom is -0.480 e. The summed E-state index contributed by atoms with van der Waals surface area (Å²) < 4.78 is 10.6. The van der Waals surface area contributed by atoms with Crippen LogP contribution in [-0.4, -0.2) is 40.2 Å². The Bertz CT molecular complexity index is 1110. The van der Waals surface area contributed by atoms with Crippen molar-refractivity contribution in [3.63, 3.8) is 0 Å². The van der Waals surface area contributed by atoms with Gasteiger partial charge in [-0.05, 0) is 37.1 Å². The van der Waals surface area contributed by atoms with Crippen LogP contribution in [-0.2, 0) is 20.7 Å². The minimum atomic E-state index is -1.10. The van der Waals surface area contributed by atoms with E-state index in [4.69, 9.17) is 9.15 Å². The first-order valence-electron chi connectivity index (χ1n) is 9.26. The van der Waals surface area contributed by atoms with Gasteiger partial charge in [0.15, 0.2) is 0 Å². The Hall–Kier alpha value is -3.26. The highest BCUT2D eigenvalue weighted by molar-refractivity contribution is 8.14. The Balaban J connectivity index is 1.71. The number of ether oxygens (including phenoxy) is 1. The molecule has 0 unspecified atom stereocenters. The highest BCUT2D eigenvalue weighted by Gasteiger charge is 2.26. The van der Waals surface area contributed by atoms with Gasteiger partial charge < -0.3 is 19.6 Å². The number of hydrogen-bond acceptors (Lipinski definition) is 6. The van der Waals surface area contributed by atoms with Gasteiger partial charge in [0, 0.05) is 10.8 Å². The fraction of sp³-hybridized carbons (Fsp3) is 0.227. The number of thioether (sulfide) groups is 1. The number of nitrogens with one attached hydrogen (secondary N) is 1. The van der Waals surface area contributed by atoms with Crippen molar-refractivity contribution in [2.24, 2.45) is 0 Å². The molecule has 7 nitrogen and oxygen atoms in total. The molecular weight excluding hydrogens is 406 g/mol. The largest absolute Gasteiger partial charge is 0.480 e. The van der Waals surface area contributed by atoms with Gasteiger partial charge in [0.25, 0.3) is 0 Å². The monoisotopic (exact) mass is 427 g/mol. The molecule has 2 N–H and O–H groups in total. The van der Waals surface area contributed by atoms with E-state index in [1.54, 1.807) is 12.1 Å². The van der Waals surface area contributed by atoms with Crippen LogP contribution in [0.25, 0.3) is 21.9 Å². The van der Waals surface area contributed by atoms with Gasteiger partial charge in [-0.1, -0.05) is 48.7 Å². The first-order valence-corrected chi connectivity index (χ1v) is 10.1. The third-order valence-corrected chi connectivity index (χ3v) is 5.65. The second-order valence-electron chi connectivity index (χ2n) is 6.65. The van der Waals surface area contributed by atoms with Crippen molar-refractivity contribution >= 4 is 50.9 Å². The van der Waals surface area contributed by atoms with Gasteiger partial charge in [-0.3, -0.25) is 9.59 Å². The van der Waals surface area contributed by atoms with Crippen LogP contribution in [0.4, 0.5) is 4.79 Å². The lowest BCUT2D eigenvalue weighted by atomic mass is 10.1. The van der Waals surface area contributed by atoms with Crippen molar-refractivity contribution in [3.8, 4) is 0 Å². The smallest absolute Gasteiger partial charge is 0.408 e. The van der Waals surface area contributed by atoms with Crippen LogP contribution < -0.4 is 5.32 Å². The summed E-state index contributed by atoms with van der Waals surface area (Å²) in [7, 11) is 0. The van der Waals surface area contributed by atoms with Gasteiger partial charge >= 0.3 is 12.1 Å². The number of rotatable bonds is 8. The van der Waals surface area contributed by atoms with E-state index in [1.165, 1.54) is 13.0 Å². The molecule has 0 aliphatic rings. The second-order valence-corrected chi connectivity index (χ2v) is 7.86. The Kier molecular flexibility index (Phi) is 6.79. The summed E-state index contributed by atoms with van der Waals surface area (Å²) in [4.78, 5) is 35.7. The van der Waals surface area contributed by atoms with Crippen molar-refractivity contribution < 1.29 is 28.6 Å². The standard InChI is InChI=1S/C22H21NO6S/c1-3-10-28-22(27)23-13(2)21(26)30-19(20(24)25)12-14-8-9-18-16(11-14)15-6-4-5-7-17(15)29-18/h3-9,11,13,19H,1,10,12H2,2H3,(H,23,27)(H,24,25)/t13-,19-/m1/s1. The van der Waals surface area contributed by atoms with E-state index in [1.807, 2.05) is 30.3 Å². The number of para-hydroxylation sites is 1. The predicted molar refractivity (Wildman–Crippen MR) is 116 cm³/mol. The van der Waals surface area contributed by atoms with Crippen molar-refractivity contribution in [1.29, 1.82) is 0 Å². The molecule has 0 radical (unpaired) electrons. The van der Waals surface area contributed by atoms with E-state index >= 15 is 0 Å². The third kappa shape index (κ3) is 5.01. The van der Waals surface area contributed by atoms with Crippen LogP contribution in [0.15, 0.2) is 59.5 Å². The lowest BCUT2D eigenvalue weighted by molar-refractivity contribution is -0.136. The maximum Gasteiger partial charge on any atom is 0.408 e. The van der Waals surface area contributed by atoms with Crippen molar-refractivity contribution in [1.82, 2.24) is 5.32 Å². The molecule has 0 fully saturated rings. The first-order chi connectivity index (χ1) is 14.4. The first kappa shape index (κ1) is 21.4. The van der Waals surface area contributed by atoms with Crippen LogP contribution in [0, 0.1) is 0 Å². The Labute approximate surface area is 177 Å². The number of carbonyl (C=O) groups is 3. The second kappa shape index (κ2) is 9.49. The zero-order chi connectivity index (χ0) is 21.7. The number of carbonyl (C=O) groups excluding carboxylic acids is 2. The molecule has 1 heterocycles. The molecule has 156 valence electrons. The Morgan fingerprint density at radius 2 is 1.93 bits per heavy atom. The molecule has 0 bridgehead atoms.